The molecule has 3 aliphatic rings. The predicted molar refractivity (Wildman–Crippen MR) is 176 cm³/mol. The molecule has 0 saturated carbocycles. The van der Waals surface area contributed by atoms with E-state index < -0.39 is 12.2 Å². The van der Waals surface area contributed by atoms with Gasteiger partial charge in [0.1, 0.15) is 5.75 Å². The van der Waals surface area contributed by atoms with Crippen molar-refractivity contribution in [3.8, 4) is 5.75 Å². The van der Waals surface area contributed by atoms with Crippen molar-refractivity contribution in [3.63, 3.8) is 0 Å². The number of likely N-dealkylation sites (tertiary alicyclic amines) is 1. The minimum absolute atomic E-state index is 0.00808. The van der Waals surface area contributed by atoms with Gasteiger partial charge in [-0.3, -0.25) is 4.79 Å². The minimum atomic E-state index is -1.05. The summed E-state index contributed by atoms with van der Waals surface area (Å²) in [6.07, 6.45) is 2.24. The molecule has 3 N–H and O–H groups in total. The summed E-state index contributed by atoms with van der Waals surface area (Å²) in [6.45, 7) is 3.64. The van der Waals surface area contributed by atoms with Crippen molar-refractivity contribution < 1.29 is 29.3 Å². The van der Waals surface area contributed by atoms with Gasteiger partial charge in [0.25, 0.3) is 5.91 Å². The Hall–Kier alpha value is -4.28. The van der Waals surface area contributed by atoms with Gasteiger partial charge >= 0.3 is 12.1 Å². The summed E-state index contributed by atoms with van der Waals surface area (Å²) in [5.41, 5.74) is 5.52. The number of aromatic hydroxyl groups is 1. The van der Waals surface area contributed by atoms with E-state index in [2.05, 4.69) is 37.8 Å². The number of para-hydroxylation sites is 1. The average molecular weight is 696 g/mol. The highest BCUT2D eigenvalue weighted by Crippen LogP contribution is 2.27. The van der Waals surface area contributed by atoms with Crippen molar-refractivity contribution in [3.05, 3.63) is 70.0 Å². The van der Waals surface area contributed by atoms with E-state index >= 15 is 0 Å². The Bertz CT molecular complexity index is 1510. The maximum atomic E-state index is 13.8. The number of anilines is 1. The van der Waals surface area contributed by atoms with Gasteiger partial charge in [-0.15, -0.1) is 0 Å². The number of phenols is 1. The van der Waals surface area contributed by atoms with Crippen molar-refractivity contribution in [2.75, 3.05) is 64.3 Å². The first kappa shape index (κ1) is 33.1. The number of rotatable bonds is 8. The zero-order valence-electron chi connectivity index (χ0n) is 25.6. The van der Waals surface area contributed by atoms with E-state index in [1.54, 1.807) is 28.1 Å². The van der Waals surface area contributed by atoms with E-state index in [1.165, 1.54) is 6.07 Å². The highest BCUT2D eigenvalue weighted by Gasteiger charge is 2.35. The monoisotopic (exact) mass is 694 g/mol. The molecule has 0 radical (unpaired) electrons. The number of carbonyl (C=O) groups is 3. The maximum Gasteiger partial charge on any atom is 0.410 e. The second-order valence-corrected chi connectivity index (χ2v) is 12.3. The summed E-state index contributed by atoms with van der Waals surface area (Å²) in [6, 6.07) is 12.6. The van der Waals surface area contributed by atoms with Crippen LogP contribution in [0.4, 0.5) is 15.3 Å². The number of amides is 4. The van der Waals surface area contributed by atoms with Crippen LogP contribution in [-0.4, -0.2) is 125 Å². The molecule has 3 heterocycles. The molecule has 2 aromatic rings. The van der Waals surface area contributed by atoms with Crippen LogP contribution in [-0.2, 0) is 22.4 Å². The molecule has 3 aliphatic heterocycles. The van der Waals surface area contributed by atoms with Crippen LogP contribution in [0.25, 0.3) is 0 Å². The van der Waals surface area contributed by atoms with Crippen molar-refractivity contribution in [2.45, 2.75) is 37.8 Å². The Balaban J connectivity index is 1.20. The molecule has 244 valence electrons. The zero-order valence-corrected chi connectivity index (χ0v) is 27.2. The molecule has 1 atom stereocenters. The largest absolute Gasteiger partial charge is 0.507 e. The lowest BCUT2D eigenvalue weighted by molar-refractivity contribution is -0.142. The van der Waals surface area contributed by atoms with E-state index in [0.29, 0.717) is 63.1 Å². The fourth-order valence-electron chi connectivity index (χ4n) is 5.91. The molecular formula is C33H39BrN6O6. The Morgan fingerprint density at radius 2 is 1.83 bits per heavy atom. The van der Waals surface area contributed by atoms with Gasteiger partial charge in [0.2, 0.25) is 0 Å². The summed E-state index contributed by atoms with van der Waals surface area (Å²) in [7, 11) is 0. The summed E-state index contributed by atoms with van der Waals surface area (Å²) >= 11 is 3.33. The number of nitrogens with one attached hydrogen (secondary N) is 1. The Morgan fingerprint density at radius 3 is 2.57 bits per heavy atom. The van der Waals surface area contributed by atoms with E-state index in [4.69, 9.17) is 9.84 Å². The molecule has 4 amide bonds. The van der Waals surface area contributed by atoms with Crippen molar-refractivity contribution in [1.29, 1.82) is 0 Å². The van der Waals surface area contributed by atoms with Gasteiger partial charge < -0.3 is 39.9 Å². The second-order valence-electron chi connectivity index (χ2n) is 11.5. The molecule has 0 unspecified atom stereocenters. The lowest BCUT2D eigenvalue weighted by Crippen LogP contribution is -2.53. The molecule has 0 aromatic heterocycles. The predicted octanol–water partition coefficient (Wildman–Crippen LogP) is 3.23. The first-order chi connectivity index (χ1) is 22.3. The van der Waals surface area contributed by atoms with Gasteiger partial charge in [-0.05, 0) is 70.2 Å². The summed E-state index contributed by atoms with van der Waals surface area (Å²) in [5.74, 6) is 2.43. The first-order valence-corrected chi connectivity index (χ1v) is 16.3. The smallest absolute Gasteiger partial charge is 0.410 e. The lowest BCUT2D eigenvalue weighted by atomic mass is 10.0. The number of hydrogen-bond donors (Lipinski definition) is 3. The molecule has 0 bridgehead atoms. The van der Waals surface area contributed by atoms with Gasteiger partial charge in [-0.25, -0.2) is 14.6 Å². The molecule has 13 heteroatoms. The average Bonchev–Trinajstić information content (AvgIpc) is 3.24. The van der Waals surface area contributed by atoms with Crippen LogP contribution < -0.4 is 5.32 Å². The molecule has 2 fully saturated rings. The third kappa shape index (κ3) is 8.50. The normalized spacial score (nSPS) is 17.6. The van der Waals surface area contributed by atoms with Crippen LogP contribution in [0.5, 0.6) is 5.75 Å². The highest BCUT2D eigenvalue weighted by atomic mass is 79.9. The van der Waals surface area contributed by atoms with E-state index in [1.807, 2.05) is 34.1 Å². The Labute approximate surface area is 276 Å². The lowest BCUT2D eigenvalue weighted by Gasteiger charge is -2.38. The molecule has 2 aromatic carbocycles. The number of piperazine rings is 1. The Morgan fingerprint density at radius 1 is 1.07 bits per heavy atom. The van der Waals surface area contributed by atoms with Gasteiger partial charge in [0.15, 0.2) is 6.10 Å². The zero-order chi connectivity index (χ0) is 32.5. The van der Waals surface area contributed by atoms with Crippen LogP contribution in [0.15, 0.2) is 63.9 Å². The van der Waals surface area contributed by atoms with Crippen molar-refractivity contribution in [1.82, 2.24) is 19.6 Å². The fourth-order valence-corrected chi connectivity index (χ4v) is 6.34. The third-order valence-electron chi connectivity index (χ3n) is 8.49. The van der Waals surface area contributed by atoms with Crippen molar-refractivity contribution >= 4 is 45.5 Å². The number of aliphatic imine (C=N–C) groups is 1. The SMILES string of the molecule is O=C(O[C@H](Cc1ccc(O)c(Br)c1)C(=O)N1CCN(C=C=C=NCCO)CC1)N1CCC(N2CCc3ccccc3NC2=O)CC1. The number of halogens is 1. The number of hydrogen-bond acceptors (Lipinski definition) is 8. The topological polar surface area (TPSA) is 138 Å². The molecule has 5 rings (SSSR count). The maximum absolute atomic E-state index is 13.8. The summed E-state index contributed by atoms with van der Waals surface area (Å²) in [5, 5.41) is 21.8. The van der Waals surface area contributed by atoms with Crippen LogP contribution in [0.1, 0.15) is 24.0 Å². The first-order valence-electron chi connectivity index (χ1n) is 15.5. The van der Waals surface area contributed by atoms with Crippen LogP contribution in [0, 0.1) is 0 Å². The number of urea groups is 1. The number of piperidine rings is 1. The van der Waals surface area contributed by atoms with Gasteiger partial charge in [-0.2, -0.15) is 0 Å². The molecule has 12 nitrogen and oxygen atoms in total. The second kappa shape index (κ2) is 15.8. The van der Waals surface area contributed by atoms with Crippen LogP contribution in [0.3, 0.4) is 0 Å². The minimum Gasteiger partial charge on any atom is -0.507 e. The van der Waals surface area contributed by atoms with E-state index in [9.17, 15) is 19.5 Å². The quantitative estimate of drug-likeness (QED) is 0.285. The number of ether oxygens (including phenoxy) is 1. The van der Waals surface area contributed by atoms with Crippen LogP contribution >= 0.6 is 15.9 Å². The number of aliphatic hydroxyl groups is 1. The third-order valence-corrected chi connectivity index (χ3v) is 9.12. The molecular weight excluding hydrogens is 656 g/mol. The van der Waals surface area contributed by atoms with E-state index in [-0.39, 0.29) is 43.3 Å². The Kier molecular flexibility index (Phi) is 11.4. The summed E-state index contributed by atoms with van der Waals surface area (Å²) < 4.78 is 6.41. The number of nitrogens with zero attached hydrogens (tertiary/aromatic N) is 5. The number of benzene rings is 2. The standard InChI is InChI=1S/C33H39BrN6O6/c34-27-22-24(6-7-29(27)42)23-30(31(43)38-19-17-37(18-20-38)13-3-11-35-12-21-41)46-33(45)39-14-9-26(10-15-39)40-16-8-25-4-1-2-5-28(25)36-32(40)44/h1-2,4-7,13,22,26,30,41-42H,8-10,12,14-21,23H2,(H,36,44)/t30-/m1/s1. The van der Waals surface area contributed by atoms with Gasteiger partial charge in [0, 0.05) is 69.8 Å². The molecule has 0 spiro atoms. The van der Waals surface area contributed by atoms with Gasteiger partial charge in [-0.1, -0.05) is 24.3 Å². The van der Waals surface area contributed by atoms with E-state index in [0.717, 1.165) is 23.2 Å². The number of carbonyl (C=O) groups excluding carboxylic acids is 3. The summed E-state index contributed by atoms with van der Waals surface area (Å²) in [4.78, 5) is 51.3. The number of fused-ring (bicyclic) bond motifs is 1. The molecule has 0 aliphatic carbocycles. The van der Waals surface area contributed by atoms with Crippen LogP contribution in [0.2, 0.25) is 0 Å². The number of phenolic OH excluding ortho intramolecular Hbond substituents is 1. The molecule has 2 saturated heterocycles. The molecule has 46 heavy (non-hydrogen) atoms. The van der Waals surface area contributed by atoms with Gasteiger partial charge in [0.05, 0.1) is 23.8 Å². The number of aliphatic hydroxyl groups excluding tert-OH is 1. The van der Waals surface area contributed by atoms with Crippen molar-refractivity contribution in [2.24, 2.45) is 4.99 Å². The fraction of sp³-hybridized carbons (Fsp3) is 0.455. The highest BCUT2D eigenvalue weighted by molar-refractivity contribution is 9.10.